The molecule has 152 valence electrons. The number of carbonyl (C=O) groups excluding carboxylic acids is 1. The Kier molecular flexibility index (Phi) is 7.45. The van der Waals surface area contributed by atoms with Crippen LogP contribution < -0.4 is 4.74 Å². The van der Waals surface area contributed by atoms with Crippen molar-refractivity contribution in [1.29, 1.82) is 0 Å². The number of esters is 1. The van der Waals surface area contributed by atoms with Crippen LogP contribution in [0.15, 0.2) is 84.9 Å². The minimum absolute atomic E-state index is 0.451. The third-order valence-electron chi connectivity index (χ3n) is 4.48. The van der Waals surface area contributed by atoms with E-state index in [2.05, 4.69) is 0 Å². The molecule has 0 aliphatic rings. The molecule has 0 unspecified atom stereocenters. The maximum atomic E-state index is 11.6. The van der Waals surface area contributed by atoms with Crippen LogP contribution in [0.25, 0.3) is 17.9 Å². The Morgan fingerprint density at radius 2 is 1.50 bits per heavy atom. The van der Waals surface area contributed by atoms with Crippen molar-refractivity contribution in [2.75, 3.05) is 14.2 Å². The van der Waals surface area contributed by atoms with Gasteiger partial charge in [0.15, 0.2) is 0 Å². The van der Waals surface area contributed by atoms with E-state index >= 15 is 0 Å². The van der Waals surface area contributed by atoms with Crippen molar-refractivity contribution in [1.82, 2.24) is 0 Å². The van der Waals surface area contributed by atoms with Gasteiger partial charge < -0.3 is 14.2 Å². The van der Waals surface area contributed by atoms with Gasteiger partial charge in [0, 0.05) is 5.56 Å². The molecule has 4 nitrogen and oxygen atoms in total. The van der Waals surface area contributed by atoms with Crippen LogP contribution >= 0.6 is 0 Å². The third-order valence-corrected chi connectivity index (χ3v) is 4.48. The monoisotopic (exact) mass is 400 g/mol. The minimum Gasteiger partial charge on any atom is -0.496 e. The first kappa shape index (κ1) is 20.9. The fourth-order valence-electron chi connectivity index (χ4n) is 2.88. The molecule has 0 atom stereocenters. The van der Waals surface area contributed by atoms with E-state index in [4.69, 9.17) is 14.2 Å². The van der Waals surface area contributed by atoms with E-state index in [0.717, 1.165) is 28.0 Å². The lowest BCUT2D eigenvalue weighted by atomic mass is 10.0. The van der Waals surface area contributed by atoms with Crippen LogP contribution in [0.3, 0.4) is 0 Å². The molecule has 4 heteroatoms. The van der Waals surface area contributed by atoms with Crippen LogP contribution in [0.4, 0.5) is 0 Å². The van der Waals surface area contributed by atoms with Gasteiger partial charge in [0.25, 0.3) is 0 Å². The van der Waals surface area contributed by atoms with Crippen molar-refractivity contribution in [2.45, 2.75) is 6.61 Å². The predicted octanol–water partition coefficient (Wildman–Crippen LogP) is 5.60. The number of benzene rings is 3. The van der Waals surface area contributed by atoms with Gasteiger partial charge in [-0.3, -0.25) is 0 Å². The number of hydrogen-bond acceptors (Lipinski definition) is 4. The fraction of sp³-hybridized carbons (Fsp3) is 0.115. The summed E-state index contributed by atoms with van der Waals surface area (Å²) in [5.74, 6) is 0.808. The zero-order valence-corrected chi connectivity index (χ0v) is 17.1. The number of carbonyl (C=O) groups is 1. The molecule has 3 aromatic rings. The van der Waals surface area contributed by atoms with E-state index < -0.39 is 5.97 Å². The molecule has 0 bridgehead atoms. The van der Waals surface area contributed by atoms with Gasteiger partial charge in [0.2, 0.25) is 0 Å². The Balaban J connectivity index is 1.71. The number of ether oxygens (including phenoxy) is 3. The smallest absolute Gasteiger partial charge is 0.334 e. The average molecular weight is 400 g/mol. The Labute approximate surface area is 177 Å². The van der Waals surface area contributed by atoms with E-state index in [9.17, 15) is 4.79 Å². The predicted molar refractivity (Wildman–Crippen MR) is 120 cm³/mol. The molecular formula is C26H24O4. The zero-order valence-electron chi connectivity index (χ0n) is 17.1. The highest BCUT2D eigenvalue weighted by atomic mass is 16.5. The van der Waals surface area contributed by atoms with Gasteiger partial charge in [-0.1, -0.05) is 78.9 Å². The quantitative estimate of drug-likeness (QED) is 0.214. The summed E-state index contributed by atoms with van der Waals surface area (Å²) in [6, 6.07) is 25.7. The second-order valence-electron chi connectivity index (χ2n) is 6.50. The van der Waals surface area contributed by atoms with Gasteiger partial charge in [0.05, 0.1) is 20.3 Å². The molecule has 0 saturated carbocycles. The molecule has 3 rings (SSSR count). The lowest BCUT2D eigenvalue weighted by Crippen LogP contribution is -1.99. The van der Waals surface area contributed by atoms with Gasteiger partial charge >= 0.3 is 5.97 Å². The summed E-state index contributed by atoms with van der Waals surface area (Å²) < 4.78 is 15.9. The number of methoxy groups -OCH3 is 2. The highest BCUT2D eigenvalue weighted by Gasteiger charge is 2.08. The van der Waals surface area contributed by atoms with Crippen LogP contribution in [0.2, 0.25) is 0 Å². The van der Waals surface area contributed by atoms with Crippen molar-refractivity contribution in [3.8, 4) is 5.75 Å². The molecule has 0 fully saturated rings. The topological polar surface area (TPSA) is 44.8 Å². The van der Waals surface area contributed by atoms with Crippen molar-refractivity contribution < 1.29 is 19.0 Å². The van der Waals surface area contributed by atoms with Crippen LogP contribution in [0, 0.1) is 0 Å². The molecule has 0 saturated heterocycles. The van der Waals surface area contributed by atoms with Crippen molar-refractivity contribution in [3.05, 3.63) is 107 Å². The SMILES string of the molecule is COC(=O)/C=C(/OC)c1ccccc1/C=C/c1ccc(OCc2ccccc2)cc1. The second-order valence-corrected chi connectivity index (χ2v) is 6.50. The maximum Gasteiger partial charge on any atom is 0.334 e. The summed E-state index contributed by atoms with van der Waals surface area (Å²) in [5.41, 5.74) is 3.91. The molecule has 0 aliphatic carbocycles. The molecule has 0 aliphatic heterocycles. The highest BCUT2D eigenvalue weighted by Crippen LogP contribution is 2.23. The molecule has 0 heterocycles. The Morgan fingerprint density at radius 1 is 0.800 bits per heavy atom. The van der Waals surface area contributed by atoms with Gasteiger partial charge in [-0.2, -0.15) is 0 Å². The van der Waals surface area contributed by atoms with E-state index in [1.54, 1.807) is 0 Å². The normalized spacial score (nSPS) is 11.3. The molecular weight excluding hydrogens is 376 g/mol. The van der Waals surface area contributed by atoms with Crippen molar-refractivity contribution >= 4 is 23.9 Å². The Bertz CT molecular complexity index is 1020. The summed E-state index contributed by atoms with van der Waals surface area (Å²) in [4.78, 5) is 11.6. The maximum absolute atomic E-state index is 11.6. The molecule has 30 heavy (non-hydrogen) atoms. The minimum atomic E-state index is -0.461. The number of rotatable bonds is 8. The Hall–Kier alpha value is -3.79. The molecule has 3 aromatic carbocycles. The number of hydrogen-bond donors (Lipinski definition) is 0. The summed E-state index contributed by atoms with van der Waals surface area (Å²) in [5, 5.41) is 0. The lowest BCUT2D eigenvalue weighted by Gasteiger charge is -2.09. The largest absolute Gasteiger partial charge is 0.496 e. The Morgan fingerprint density at radius 3 is 2.20 bits per heavy atom. The third kappa shape index (κ3) is 5.85. The first-order valence-corrected chi connectivity index (χ1v) is 9.57. The molecule has 0 spiro atoms. The van der Waals surface area contributed by atoms with E-state index in [1.807, 2.05) is 91.0 Å². The molecule has 0 radical (unpaired) electrons. The molecule has 0 amide bonds. The molecule has 0 N–H and O–H groups in total. The van der Waals surface area contributed by atoms with Gasteiger partial charge in [-0.15, -0.1) is 0 Å². The van der Waals surface area contributed by atoms with Gasteiger partial charge in [-0.25, -0.2) is 4.79 Å². The summed E-state index contributed by atoms with van der Waals surface area (Å²) in [7, 11) is 2.87. The first-order chi connectivity index (χ1) is 14.7. The lowest BCUT2D eigenvalue weighted by molar-refractivity contribution is -0.134. The summed E-state index contributed by atoms with van der Waals surface area (Å²) in [6.45, 7) is 0.537. The fourth-order valence-corrected chi connectivity index (χ4v) is 2.88. The first-order valence-electron chi connectivity index (χ1n) is 9.57. The highest BCUT2D eigenvalue weighted by molar-refractivity contribution is 5.91. The van der Waals surface area contributed by atoms with E-state index in [1.165, 1.54) is 20.3 Å². The second kappa shape index (κ2) is 10.7. The van der Waals surface area contributed by atoms with Crippen LogP contribution in [-0.4, -0.2) is 20.2 Å². The van der Waals surface area contributed by atoms with Crippen molar-refractivity contribution in [3.63, 3.8) is 0 Å². The van der Waals surface area contributed by atoms with Crippen LogP contribution in [0.5, 0.6) is 5.75 Å². The standard InChI is InChI=1S/C26H24O4/c1-28-25(18-26(27)29-2)24-11-7-6-10-22(24)15-12-20-13-16-23(17-14-20)30-19-21-8-4-3-5-9-21/h3-18H,19H2,1-2H3/b15-12+,25-18+. The van der Waals surface area contributed by atoms with E-state index in [0.29, 0.717) is 12.4 Å². The molecule has 0 aromatic heterocycles. The zero-order chi connectivity index (χ0) is 21.2. The van der Waals surface area contributed by atoms with Crippen LogP contribution in [-0.2, 0) is 20.9 Å². The summed E-state index contributed by atoms with van der Waals surface area (Å²) >= 11 is 0. The average Bonchev–Trinajstić information content (AvgIpc) is 2.81. The van der Waals surface area contributed by atoms with E-state index in [-0.39, 0.29) is 0 Å². The van der Waals surface area contributed by atoms with Crippen LogP contribution in [0.1, 0.15) is 22.3 Å². The summed E-state index contributed by atoms with van der Waals surface area (Å²) in [6.07, 6.45) is 5.33. The van der Waals surface area contributed by atoms with Gasteiger partial charge in [0.1, 0.15) is 18.1 Å². The van der Waals surface area contributed by atoms with Crippen molar-refractivity contribution in [2.24, 2.45) is 0 Å². The van der Waals surface area contributed by atoms with Gasteiger partial charge in [-0.05, 0) is 28.8 Å².